The van der Waals surface area contributed by atoms with E-state index in [1.165, 1.54) is 0 Å². The van der Waals surface area contributed by atoms with Gasteiger partial charge in [-0.05, 0) is 44.1 Å². The van der Waals surface area contributed by atoms with Gasteiger partial charge in [-0.1, -0.05) is 48.5 Å². The molecular weight excluding hydrogens is 402 g/mol. The van der Waals surface area contributed by atoms with Crippen LogP contribution in [0.15, 0.2) is 54.6 Å². The van der Waals surface area contributed by atoms with Gasteiger partial charge in [-0.3, -0.25) is 9.59 Å². The highest BCUT2D eigenvalue weighted by Crippen LogP contribution is 2.43. The van der Waals surface area contributed by atoms with E-state index >= 15 is 0 Å². The van der Waals surface area contributed by atoms with E-state index in [9.17, 15) is 9.59 Å². The molecule has 2 aliphatic rings. The smallest absolute Gasteiger partial charge is 0.254 e. The monoisotopic (exact) mass is 435 g/mol. The lowest BCUT2D eigenvalue weighted by Crippen LogP contribution is -2.51. The second-order valence-corrected chi connectivity index (χ2v) is 8.93. The fraction of sp³-hybridized carbons (Fsp3) is 0.462. The van der Waals surface area contributed by atoms with Gasteiger partial charge < -0.3 is 19.4 Å². The average molecular weight is 436 g/mol. The maximum atomic E-state index is 14.0. The third-order valence-electron chi connectivity index (χ3n) is 6.89. The van der Waals surface area contributed by atoms with Crippen LogP contribution in [0, 0.1) is 0 Å². The minimum Gasteiger partial charge on any atom is -0.383 e. The molecule has 0 aliphatic carbocycles. The first-order chi connectivity index (χ1) is 15.5. The van der Waals surface area contributed by atoms with Gasteiger partial charge in [0, 0.05) is 38.3 Å². The normalized spacial score (nSPS) is 21.7. The van der Waals surface area contributed by atoms with Gasteiger partial charge in [-0.25, -0.2) is 0 Å². The molecule has 32 heavy (non-hydrogen) atoms. The van der Waals surface area contributed by atoms with E-state index in [4.69, 9.17) is 4.74 Å². The van der Waals surface area contributed by atoms with Crippen LogP contribution in [0.25, 0.3) is 0 Å². The molecule has 2 atom stereocenters. The Bertz CT molecular complexity index is 938. The van der Waals surface area contributed by atoms with Crippen LogP contribution in [0.5, 0.6) is 0 Å². The molecule has 0 spiro atoms. The quantitative estimate of drug-likeness (QED) is 0.700. The third kappa shape index (κ3) is 4.30. The summed E-state index contributed by atoms with van der Waals surface area (Å²) in [6.07, 6.45) is 1.94. The number of piperidine rings is 1. The summed E-state index contributed by atoms with van der Waals surface area (Å²) in [6.45, 7) is 2.35. The zero-order valence-corrected chi connectivity index (χ0v) is 19.2. The lowest BCUT2D eigenvalue weighted by atomic mass is 9.78. The number of amides is 2. The maximum absolute atomic E-state index is 14.0. The molecule has 1 fully saturated rings. The summed E-state index contributed by atoms with van der Waals surface area (Å²) in [6, 6.07) is 17.7. The Kier molecular flexibility index (Phi) is 6.92. The Hall–Kier alpha value is -2.70. The molecule has 1 saturated heterocycles. The predicted octanol–water partition coefficient (Wildman–Crippen LogP) is 3.17. The number of carbonyl (C=O) groups is 2. The van der Waals surface area contributed by atoms with Gasteiger partial charge in [-0.15, -0.1) is 0 Å². The molecule has 0 N–H and O–H groups in total. The van der Waals surface area contributed by atoms with Crippen LogP contribution in [0.1, 0.15) is 46.3 Å². The van der Waals surface area contributed by atoms with E-state index in [1.54, 1.807) is 7.11 Å². The number of carbonyl (C=O) groups excluding carboxylic acids is 2. The summed E-state index contributed by atoms with van der Waals surface area (Å²) < 4.78 is 5.32. The first-order valence-corrected chi connectivity index (χ1v) is 11.4. The molecular formula is C26H33N3O3. The summed E-state index contributed by atoms with van der Waals surface area (Å²) in [5.41, 5.74) is 2.44. The van der Waals surface area contributed by atoms with Gasteiger partial charge >= 0.3 is 0 Å². The van der Waals surface area contributed by atoms with Crippen molar-refractivity contribution in [2.75, 3.05) is 47.4 Å². The van der Waals surface area contributed by atoms with Crippen molar-refractivity contribution in [2.24, 2.45) is 0 Å². The second kappa shape index (κ2) is 9.84. The molecule has 2 unspecified atom stereocenters. The second-order valence-electron chi connectivity index (χ2n) is 8.93. The number of fused-ring (bicyclic) bond motifs is 1. The topological polar surface area (TPSA) is 53.1 Å². The Morgan fingerprint density at radius 3 is 2.34 bits per heavy atom. The molecule has 170 valence electrons. The van der Waals surface area contributed by atoms with Gasteiger partial charge in [-0.2, -0.15) is 0 Å². The predicted molar refractivity (Wildman–Crippen MR) is 125 cm³/mol. The van der Waals surface area contributed by atoms with Crippen molar-refractivity contribution < 1.29 is 14.3 Å². The van der Waals surface area contributed by atoms with Crippen LogP contribution >= 0.6 is 0 Å². The molecule has 2 heterocycles. The molecule has 0 aromatic heterocycles. The fourth-order valence-corrected chi connectivity index (χ4v) is 5.11. The van der Waals surface area contributed by atoms with Crippen LogP contribution in [0.3, 0.4) is 0 Å². The number of likely N-dealkylation sites (tertiary alicyclic amines) is 1. The Balaban J connectivity index is 1.75. The zero-order valence-electron chi connectivity index (χ0n) is 19.2. The van der Waals surface area contributed by atoms with Gasteiger partial charge in [0.15, 0.2) is 0 Å². The summed E-state index contributed by atoms with van der Waals surface area (Å²) in [5, 5.41) is 0. The van der Waals surface area contributed by atoms with Gasteiger partial charge in [0.1, 0.15) is 0 Å². The molecule has 2 aliphatic heterocycles. The highest BCUT2D eigenvalue weighted by Gasteiger charge is 2.45. The van der Waals surface area contributed by atoms with Crippen molar-refractivity contribution in [3.05, 3.63) is 71.3 Å². The van der Waals surface area contributed by atoms with Gasteiger partial charge in [0.25, 0.3) is 5.91 Å². The van der Waals surface area contributed by atoms with Crippen molar-refractivity contribution in [3.63, 3.8) is 0 Å². The van der Waals surface area contributed by atoms with Crippen LogP contribution < -0.4 is 0 Å². The fourth-order valence-electron chi connectivity index (χ4n) is 5.11. The van der Waals surface area contributed by atoms with Crippen molar-refractivity contribution in [1.82, 2.24) is 14.7 Å². The molecule has 0 radical (unpaired) electrons. The highest BCUT2D eigenvalue weighted by atomic mass is 16.5. The summed E-state index contributed by atoms with van der Waals surface area (Å²) in [4.78, 5) is 33.6. The zero-order chi connectivity index (χ0) is 22.7. The summed E-state index contributed by atoms with van der Waals surface area (Å²) >= 11 is 0. The van der Waals surface area contributed by atoms with Crippen molar-refractivity contribution in [1.29, 1.82) is 0 Å². The van der Waals surface area contributed by atoms with E-state index in [0.717, 1.165) is 37.1 Å². The van der Waals surface area contributed by atoms with Crippen LogP contribution in [-0.4, -0.2) is 80.0 Å². The molecule has 2 aromatic carbocycles. The average Bonchev–Trinajstić information content (AvgIpc) is 2.83. The van der Waals surface area contributed by atoms with Crippen molar-refractivity contribution >= 4 is 11.8 Å². The van der Waals surface area contributed by atoms with Crippen LogP contribution in [0.2, 0.25) is 0 Å². The minimum atomic E-state index is -0.431. The number of hydrogen-bond acceptors (Lipinski definition) is 4. The number of rotatable bonds is 6. The number of benzene rings is 2. The van der Waals surface area contributed by atoms with E-state index in [1.807, 2.05) is 64.4 Å². The van der Waals surface area contributed by atoms with E-state index < -0.39 is 5.92 Å². The van der Waals surface area contributed by atoms with Gasteiger partial charge in [0.2, 0.25) is 5.91 Å². The van der Waals surface area contributed by atoms with Crippen molar-refractivity contribution in [2.45, 2.75) is 30.8 Å². The highest BCUT2D eigenvalue weighted by molar-refractivity contribution is 6.01. The van der Waals surface area contributed by atoms with E-state index in [-0.39, 0.29) is 17.9 Å². The maximum Gasteiger partial charge on any atom is 0.254 e. The molecule has 0 saturated carbocycles. The number of methoxy groups -OCH3 is 1. The SMILES string of the molecule is COCCN1C(=O)c2ccccc2C(C(=O)N2CCC(N(C)C)CC2)C1c1ccccc1. The Morgan fingerprint density at radius 2 is 1.69 bits per heavy atom. The number of hydrogen-bond donors (Lipinski definition) is 0. The lowest BCUT2D eigenvalue weighted by Gasteiger charge is -2.44. The molecule has 6 heteroatoms. The lowest BCUT2D eigenvalue weighted by molar-refractivity contribution is -0.136. The third-order valence-corrected chi connectivity index (χ3v) is 6.89. The van der Waals surface area contributed by atoms with Gasteiger partial charge in [0.05, 0.1) is 18.6 Å². The summed E-state index contributed by atoms with van der Waals surface area (Å²) in [7, 11) is 5.84. The molecule has 0 bridgehead atoms. The molecule has 2 aromatic rings. The first kappa shape index (κ1) is 22.5. The standard InChI is InChI=1S/C26H33N3O3/c1-27(2)20-13-15-28(16-14-20)26(31)23-21-11-7-8-12-22(21)25(30)29(17-18-32-3)24(23)19-9-5-4-6-10-19/h4-12,20,23-24H,13-18H2,1-3H3. The molecule has 2 amide bonds. The minimum absolute atomic E-state index is 0.0399. The molecule has 6 nitrogen and oxygen atoms in total. The molecule has 4 rings (SSSR count). The number of nitrogens with zero attached hydrogens (tertiary/aromatic N) is 3. The first-order valence-electron chi connectivity index (χ1n) is 11.4. The summed E-state index contributed by atoms with van der Waals surface area (Å²) in [5.74, 6) is -0.362. The van der Waals surface area contributed by atoms with Crippen molar-refractivity contribution in [3.8, 4) is 0 Å². The van der Waals surface area contributed by atoms with E-state index in [0.29, 0.717) is 24.8 Å². The Morgan fingerprint density at radius 1 is 1.03 bits per heavy atom. The van der Waals surface area contributed by atoms with Crippen LogP contribution in [0.4, 0.5) is 0 Å². The number of ether oxygens (including phenoxy) is 1. The van der Waals surface area contributed by atoms with Crippen LogP contribution in [-0.2, 0) is 9.53 Å². The largest absolute Gasteiger partial charge is 0.383 e. The van der Waals surface area contributed by atoms with E-state index in [2.05, 4.69) is 19.0 Å². The Labute approximate surface area is 190 Å².